The molecule has 0 amide bonds. The van der Waals surface area contributed by atoms with Crippen molar-refractivity contribution in [1.29, 1.82) is 0 Å². The normalized spacial score (nSPS) is 44.6. The zero-order chi connectivity index (χ0) is 13.0. The molecule has 18 heavy (non-hydrogen) atoms. The van der Waals surface area contributed by atoms with E-state index < -0.39 is 9.84 Å². The largest absolute Gasteiger partial charge is 0.377 e. The quantitative estimate of drug-likeness (QED) is 0.827. The predicted octanol–water partition coefficient (Wildman–Crippen LogP) is 0.824. The molecule has 3 aliphatic rings. The van der Waals surface area contributed by atoms with Crippen molar-refractivity contribution in [1.82, 2.24) is 5.32 Å². The van der Waals surface area contributed by atoms with E-state index in [1.54, 1.807) is 0 Å². The maximum Gasteiger partial charge on any atom is 0.150 e. The maximum absolute atomic E-state index is 11.4. The second-order valence-electron chi connectivity index (χ2n) is 6.72. The molecule has 2 heterocycles. The van der Waals surface area contributed by atoms with Crippen LogP contribution in [0.5, 0.6) is 0 Å². The summed E-state index contributed by atoms with van der Waals surface area (Å²) in [5, 5.41) is 3.62. The Morgan fingerprint density at radius 2 is 2.11 bits per heavy atom. The summed E-state index contributed by atoms with van der Waals surface area (Å²) < 4.78 is 28.6. The number of hydrogen-bond acceptors (Lipinski definition) is 4. The van der Waals surface area contributed by atoms with Crippen molar-refractivity contribution >= 4 is 9.84 Å². The standard InChI is InChI=1S/C13H23NO3S/c1-13(2)11(10-3-5-17-12(10)13)14-7-9-4-6-18(15,16)8-9/h9-12,14H,3-8H2,1-2H3. The van der Waals surface area contributed by atoms with E-state index in [0.29, 0.717) is 35.5 Å². The van der Waals surface area contributed by atoms with Gasteiger partial charge in [0, 0.05) is 24.0 Å². The molecule has 1 N–H and O–H groups in total. The Kier molecular flexibility index (Phi) is 2.99. The van der Waals surface area contributed by atoms with Gasteiger partial charge < -0.3 is 10.1 Å². The van der Waals surface area contributed by atoms with Crippen molar-refractivity contribution in [2.24, 2.45) is 17.3 Å². The summed E-state index contributed by atoms with van der Waals surface area (Å²) in [5.41, 5.74) is 0.193. The first kappa shape index (κ1) is 12.9. The fourth-order valence-corrected chi connectivity index (χ4v) is 5.93. The van der Waals surface area contributed by atoms with E-state index in [-0.39, 0.29) is 5.41 Å². The molecule has 104 valence electrons. The maximum atomic E-state index is 11.4. The van der Waals surface area contributed by atoms with E-state index in [1.807, 2.05) is 0 Å². The molecule has 5 heteroatoms. The molecule has 4 atom stereocenters. The predicted molar refractivity (Wildman–Crippen MR) is 70.2 cm³/mol. The van der Waals surface area contributed by atoms with Crippen molar-refractivity contribution < 1.29 is 13.2 Å². The van der Waals surface area contributed by atoms with Crippen LogP contribution in [0.2, 0.25) is 0 Å². The van der Waals surface area contributed by atoms with Crippen LogP contribution in [0.15, 0.2) is 0 Å². The third kappa shape index (κ3) is 2.00. The van der Waals surface area contributed by atoms with Gasteiger partial charge >= 0.3 is 0 Å². The van der Waals surface area contributed by atoms with E-state index >= 15 is 0 Å². The number of rotatable bonds is 3. The molecule has 0 bridgehead atoms. The molecule has 0 aromatic carbocycles. The highest BCUT2D eigenvalue weighted by molar-refractivity contribution is 7.91. The van der Waals surface area contributed by atoms with Gasteiger partial charge in [0.05, 0.1) is 17.6 Å². The highest BCUT2D eigenvalue weighted by Gasteiger charge is 2.59. The topological polar surface area (TPSA) is 55.4 Å². The van der Waals surface area contributed by atoms with Gasteiger partial charge in [0.1, 0.15) is 0 Å². The summed E-state index contributed by atoms with van der Waals surface area (Å²) in [4.78, 5) is 0. The lowest BCUT2D eigenvalue weighted by molar-refractivity contribution is -0.113. The zero-order valence-corrected chi connectivity index (χ0v) is 12.0. The van der Waals surface area contributed by atoms with E-state index in [4.69, 9.17) is 4.74 Å². The minimum Gasteiger partial charge on any atom is -0.377 e. The molecular formula is C13H23NO3S. The summed E-state index contributed by atoms with van der Waals surface area (Å²) >= 11 is 0. The Bertz CT molecular complexity index is 432. The molecule has 1 aliphatic carbocycles. The molecule has 0 aromatic heterocycles. The number of fused-ring (bicyclic) bond motifs is 1. The highest BCUT2D eigenvalue weighted by Crippen LogP contribution is 2.52. The average Bonchev–Trinajstić information content (AvgIpc) is 2.84. The molecule has 4 nitrogen and oxygen atoms in total. The van der Waals surface area contributed by atoms with Gasteiger partial charge in [-0.3, -0.25) is 0 Å². The van der Waals surface area contributed by atoms with Crippen LogP contribution < -0.4 is 5.32 Å². The first-order valence-corrected chi connectivity index (χ1v) is 8.78. The van der Waals surface area contributed by atoms with Crippen LogP contribution >= 0.6 is 0 Å². The molecule has 2 saturated heterocycles. The Labute approximate surface area is 109 Å². The van der Waals surface area contributed by atoms with Gasteiger partial charge in [0.15, 0.2) is 9.84 Å². The lowest BCUT2D eigenvalue weighted by Gasteiger charge is -2.55. The van der Waals surface area contributed by atoms with E-state index in [2.05, 4.69) is 19.2 Å². The first-order chi connectivity index (χ1) is 8.40. The number of sulfone groups is 1. The van der Waals surface area contributed by atoms with E-state index in [1.165, 1.54) is 0 Å². The Balaban J connectivity index is 1.55. The number of hydrogen-bond donors (Lipinski definition) is 1. The Hall–Kier alpha value is -0.130. The van der Waals surface area contributed by atoms with Crippen LogP contribution in [0.1, 0.15) is 26.7 Å². The Morgan fingerprint density at radius 3 is 2.78 bits per heavy atom. The summed E-state index contributed by atoms with van der Waals surface area (Å²) in [5.74, 6) is 1.70. The smallest absolute Gasteiger partial charge is 0.150 e. The molecular weight excluding hydrogens is 250 g/mol. The average molecular weight is 273 g/mol. The molecule has 0 aromatic rings. The van der Waals surface area contributed by atoms with Crippen LogP contribution in [-0.2, 0) is 14.6 Å². The Morgan fingerprint density at radius 1 is 1.33 bits per heavy atom. The first-order valence-electron chi connectivity index (χ1n) is 6.95. The van der Waals surface area contributed by atoms with Gasteiger partial charge in [0.2, 0.25) is 0 Å². The van der Waals surface area contributed by atoms with E-state index in [9.17, 15) is 8.42 Å². The number of nitrogens with one attached hydrogen (secondary N) is 1. The van der Waals surface area contributed by atoms with E-state index in [0.717, 1.165) is 26.0 Å². The minimum absolute atomic E-state index is 0.193. The minimum atomic E-state index is -2.74. The summed E-state index contributed by atoms with van der Waals surface area (Å²) in [7, 11) is -2.74. The second-order valence-corrected chi connectivity index (χ2v) is 8.95. The fourth-order valence-electron chi connectivity index (χ4n) is 4.07. The van der Waals surface area contributed by atoms with Crippen molar-refractivity contribution in [3.8, 4) is 0 Å². The van der Waals surface area contributed by atoms with Gasteiger partial charge in [-0.25, -0.2) is 8.42 Å². The second kappa shape index (κ2) is 4.18. The van der Waals surface area contributed by atoms with Gasteiger partial charge in [-0.2, -0.15) is 0 Å². The van der Waals surface area contributed by atoms with Crippen LogP contribution in [0.3, 0.4) is 0 Å². The summed E-state index contributed by atoms with van der Waals surface area (Å²) in [6.07, 6.45) is 2.38. The van der Waals surface area contributed by atoms with Crippen LogP contribution in [0.25, 0.3) is 0 Å². The van der Waals surface area contributed by atoms with Crippen molar-refractivity contribution in [2.45, 2.75) is 38.8 Å². The zero-order valence-electron chi connectivity index (χ0n) is 11.2. The lowest BCUT2D eigenvalue weighted by Crippen LogP contribution is -2.66. The summed E-state index contributed by atoms with van der Waals surface area (Å²) in [6.45, 7) is 6.23. The number of ether oxygens (including phenoxy) is 1. The fraction of sp³-hybridized carbons (Fsp3) is 1.00. The molecule has 3 fully saturated rings. The third-order valence-electron chi connectivity index (χ3n) is 5.05. The molecule has 3 rings (SSSR count). The van der Waals surface area contributed by atoms with Crippen molar-refractivity contribution in [2.75, 3.05) is 24.7 Å². The van der Waals surface area contributed by atoms with Crippen LogP contribution in [-0.4, -0.2) is 45.2 Å². The lowest BCUT2D eigenvalue weighted by atomic mass is 9.57. The molecule has 1 saturated carbocycles. The van der Waals surface area contributed by atoms with Gasteiger partial charge in [-0.1, -0.05) is 13.8 Å². The van der Waals surface area contributed by atoms with Crippen molar-refractivity contribution in [3.63, 3.8) is 0 Å². The monoisotopic (exact) mass is 273 g/mol. The van der Waals surface area contributed by atoms with Crippen molar-refractivity contribution in [3.05, 3.63) is 0 Å². The highest BCUT2D eigenvalue weighted by atomic mass is 32.2. The van der Waals surface area contributed by atoms with Crippen LogP contribution in [0, 0.1) is 17.3 Å². The summed E-state index contributed by atoms with van der Waals surface area (Å²) in [6, 6.07) is 0.494. The van der Waals surface area contributed by atoms with Gasteiger partial charge in [0.25, 0.3) is 0 Å². The van der Waals surface area contributed by atoms with Crippen LogP contribution in [0.4, 0.5) is 0 Å². The van der Waals surface area contributed by atoms with Gasteiger partial charge in [-0.05, 0) is 25.3 Å². The molecule has 0 spiro atoms. The van der Waals surface area contributed by atoms with Gasteiger partial charge in [-0.15, -0.1) is 0 Å². The molecule has 4 unspecified atom stereocenters. The third-order valence-corrected chi connectivity index (χ3v) is 6.89. The SMILES string of the molecule is CC1(C)C(NCC2CCS(=O)(=O)C2)C2CCOC21. The molecule has 2 aliphatic heterocycles. The molecule has 0 radical (unpaired) electrons.